The van der Waals surface area contributed by atoms with E-state index in [0.717, 1.165) is 24.9 Å². The maximum absolute atomic E-state index is 12.6. The molecule has 1 atom stereocenters. The van der Waals surface area contributed by atoms with Crippen LogP contribution in [0.25, 0.3) is 0 Å². The number of carbonyl (C=O) groups is 1. The van der Waals surface area contributed by atoms with Crippen molar-refractivity contribution in [3.8, 4) is 0 Å². The van der Waals surface area contributed by atoms with Crippen LogP contribution in [0.3, 0.4) is 0 Å². The van der Waals surface area contributed by atoms with E-state index in [4.69, 9.17) is 5.14 Å². The number of amides is 1. The molecule has 1 saturated heterocycles. The van der Waals surface area contributed by atoms with Crippen molar-refractivity contribution in [3.63, 3.8) is 0 Å². The summed E-state index contributed by atoms with van der Waals surface area (Å²) in [5.74, 6) is 0.397. The van der Waals surface area contributed by atoms with Crippen molar-refractivity contribution < 1.29 is 13.2 Å². The maximum atomic E-state index is 12.6. The number of hydrogen-bond donors (Lipinski definition) is 1. The number of benzene rings is 1. The van der Waals surface area contributed by atoms with Crippen molar-refractivity contribution >= 4 is 31.9 Å². The van der Waals surface area contributed by atoms with E-state index in [1.54, 1.807) is 11.8 Å². The number of sulfonamides is 1. The summed E-state index contributed by atoms with van der Waals surface area (Å²) in [5, 5.41) is 5.17. The molecular formula is C14H19BrN2O3S. The van der Waals surface area contributed by atoms with Crippen LogP contribution in [0, 0.1) is 12.8 Å². The van der Waals surface area contributed by atoms with Crippen LogP contribution in [0.2, 0.25) is 0 Å². The Bertz CT molecular complexity index is 673. The lowest BCUT2D eigenvalue weighted by Gasteiger charge is -2.19. The second kappa shape index (κ2) is 6.06. The first kappa shape index (κ1) is 16.5. The van der Waals surface area contributed by atoms with Crippen LogP contribution in [0.1, 0.15) is 35.7 Å². The molecule has 0 radical (unpaired) electrons. The van der Waals surface area contributed by atoms with Gasteiger partial charge in [0.15, 0.2) is 0 Å². The Hall–Kier alpha value is -0.920. The molecule has 1 aliphatic rings. The van der Waals surface area contributed by atoms with Crippen LogP contribution in [-0.4, -0.2) is 32.3 Å². The van der Waals surface area contributed by atoms with E-state index < -0.39 is 10.0 Å². The zero-order valence-electron chi connectivity index (χ0n) is 12.1. The van der Waals surface area contributed by atoms with Gasteiger partial charge in [0.05, 0.1) is 4.90 Å². The number of nitrogens with zero attached hydrogens (tertiary/aromatic N) is 1. The highest BCUT2D eigenvalue weighted by atomic mass is 79.9. The van der Waals surface area contributed by atoms with Crippen molar-refractivity contribution in [3.05, 3.63) is 27.7 Å². The van der Waals surface area contributed by atoms with Gasteiger partial charge in [-0.15, -0.1) is 0 Å². The molecule has 5 nitrogen and oxygen atoms in total. The molecule has 2 N–H and O–H groups in total. The number of nitrogens with two attached hydrogens (primary N) is 1. The van der Waals surface area contributed by atoms with Crippen molar-refractivity contribution in [1.82, 2.24) is 4.90 Å². The summed E-state index contributed by atoms with van der Waals surface area (Å²) in [6.45, 7) is 5.35. The van der Waals surface area contributed by atoms with E-state index in [1.165, 1.54) is 12.1 Å². The Labute approximate surface area is 133 Å². The average molecular weight is 375 g/mol. The standard InChI is InChI=1S/C14H19BrN2O3S/c1-3-10-4-5-17(8-10)14(18)12-6-11(21(16,19)20)7-13(15)9(12)2/h6-7,10H,3-5,8H2,1-2H3,(H2,16,19,20). The largest absolute Gasteiger partial charge is 0.338 e. The zero-order valence-corrected chi connectivity index (χ0v) is 14.5. The molecule has 1 aliphatic heterocycles. The minimum absolute atomic E-state index is 0.0467. The molecule has 1 aromatic rings. The third-order valence-corrected chi connectivity index (χ3v) is 5.74. The quantitative estimate of drug-likeness (QED) is 0.880. The van der Waals surface area contributed by atoms with Gasteiger partial charge in [0, 0.05) is 23.1 Å². The number of halogens is 1. The zero-order chi connectivity index (χ0) is 15.8. The molecule has 1 aromatic carbocycles. The number of hydrogen-bond acceptors (Lipinski definition) is 3. The summed E-state index contributed by atoms with van der Waals surface area (Å²) in [6.07, 6.45) is 2.04. The number of primary sulfonamides is 1. The maximum Gasteiger partial charge on any atom is 0.254 e. The third kappa shape index (κ3) is 3.46. The smallest absolute Gasteiger partial charge is 0.254 e. The highest BCUT2D eigenvalue weighted by molar-refractivity contribution is 9.10. The Morgan fingerprint density at radius 2 is 2.14 bits per heavy atom. The minimum Gasteiger partial charge on any atom is -0.338 e. The molecular weight excluding hydrogens is 356 g/mol. The van der Waals surface area contributed by atoms with Crippen LogP contribution in [0.15, 0.2) is 21.5 Å². The highest BCUT2D eigenvalue weighted by Crippen LogP contribution is 2.27. The normalized spacial score (nSPS) is 19.0. The van der Waals surface area contributed by atoms with Gasteiger partial charge in [0.25, 0.3) is 5.91 Å². The molecule has 1 heterocycles. The molecule has 116 valence electrons. The minimum atomic E-state index is -3.84. The molecule has 0 aromatic heterocycles. The fourth-order valence-electron chi connectivity index (χ4n) is 2.56. The Kier molecular flexibility index (Phi) is 4.75. The molecule has 1 unspecified atom stereocenters. The molecule has 0 saturated carbocycles. The molecule has 0 aliphatic carbocycles. The Morgan fingerprint density at radius 3 is 2.67 bits per heavy atom. The van der Waals surface area contributed by atoms with Crippen molar-refractivity contribution in [2.24, 2.45) is 11.1 Å². The van der Waals surface area contributed by atoms with E-state index in [1.807, 2.05) is 0 Å². The van der Waals surface area contributed by atoms with Crippen LogP contribution in [0.4, 0.5) is 0 Å². The summed E-state index contributed by atoms with van der Waals surface area (Å²) < 4.78 is 23.6. The van der Waals surface area contributed by atoms with Crippen molar-refractivity contribution in [1.29, 1.82) is 0 Å². The summed E-state index contributed by atoms with van der Waals surface area (Å²) in [6, 6.07) is 2.80. The number of rotatable bonds is 3. The van der Waals surface area contributed by atoms with Gasteiger partial charge in [-0.25, -0.2) is 13.6 Å². The predicted octanol–water partition coefficient (Wildman–Crippen LogP) is 2.28. The third-order valence-electron chi connectivity index (χ3n) is 4.03. The Balaban J connectivity index is 2.39. The van der Waals surface area contributed by atoms with Crippen LogP contribution < -0.4 is 5.14 Å². The van der Waals surface area contributed by atoms with Gasteiger partial charge in [-0.2, -0.15) is 0 Å². The van der Waals surface area contributed by atoms with Gasteiger partial charge in [-0.3, -0.25) is 4.79 Å². The van der Waals surface area contributed by atoms with Crippen LogP contribution in [-0.2, 0) is 10.0 Å². The van der Waals surface area contributed by atoms with E-state index in [2.05, 4.69) is 22.9 Å². The van der Waals surface area contributed by atoms with E-state index >= 15 is 0 Å². The molecule has 7 heteroatoms. The lowest BCUT2D eigenvalue weighted by Crippen LogP contribution is -2.29. The molecule has 21 heavy (non-hydrogen) atoms. The van der Waals surface area contributed by atoms with Crippen LogP contribution >= 0.6 is 15.9 Å². The summed E-state index contributed by atoms with van der Waals surface area (Å²) in [5.41, 5.74) is 1.12. The first-order valence-electron chi connectivity index (χ1n) is 6.86. The van der Waals surface area contributed by atoms with E-state index in [0.29, 0.717) is 22.5 Å². The molecule has 0 spiro atoms. The van der Waals surface area contributed by atoms with Gasteiger partial charge in [-0.05, 0) is 37.0 Å². The summed E-state index contributed by atoms with van der Waals surface area (Å²) in [7, 11) is -3.84. The molecule has 2 rings (SSSR count). The molecule has 1 amide bonds. The van der Waals surface area contributed by atoms with E-state index in [-0.39, 0.29) is 10.8 Å². The Morgan fingerprint density at radius 1 is 1.48 bits per heavy atom. The topological polar surface area (TPSA) is 80.5 Å². The van der Waals surface area contributed by atoms with Crippen molar-refractivity contribution in [2.75, 3.05) is 13.1 Å². The van der Waals surface area contributed by atoms with E-state index in [9.17, 15) is 13.2 Å². The lowest BCUT2D eigenvalue weighted by atomic mass is 10.1. The van der Waals surface area contributed by atoms with Gasteiger partial charge >= 0.3 is 0 Å². The van der Waals surface area contributed by atoms with Gasteiger partial charge in [0.1, 0.15) is 0 Å². The number of carbonyl (C=O) groups excluding carboxylic acids is 1. The lowest BCUT2D eigenvalue weighted by molar-refractivity contribution is 0.0786. The fourth-order valence-corrected chi connectivity index (χ4v) is 3.74. The summed E-state index contributed by atoms with van der Waals surface area (Å²) in [4.78, 5) is 14.4. The van der Waals surface area contributed by atoms with Crippen molar-refractivity contribution in [2.45, 2.75) is 31.6 Å². The molecule has 0 bridgehead atoms. The fraction of sp³-hybridized carbons (Fsp3) is 0.500. The van der Waals surface area contributed by atoms with Gasteiger partial charge < -0.3 is 4.90 Å². The number of likely N-dealkylation sites (tertiary alicyclic amines) is 1. The monoisotopic (exact) mass is 374 g/mol. The second-order valence-electron chi connectivity index (χ2n) is 5.44. The predicted molar refractivity (Wildman–Crippen MR) is 84.6 cm³/mol. The second-order valence-corrected chi connectivity index (χ2v) is 7.85. The molecule has 1 fully saturated rings. The first-order valence-corrected chi connectivity index (χ1v) is 9.20. The highest BCUT2D eigenvalue weighted by Gasteiger charge is 2.28. The van der Waals surface area contributed by atoms with Gasteiger partial charge in [-0.1, -0.05) is 29.3 Å². The SMILES string of the molecule is CCC1CCN(C(=O)c2cc(S(N)(=O)=O)cc(Br)c2C)C1. The first-order chi connectivity index (χ1) is 9.74. The average Bonchev–Trinajstić information content (AvgIpc) is 2.88. The van der Waals surface area contributed by atoms with Crippen LogP contribution in [0.5, 0.6) is 0 Å². The van der Waals surface area contributed by atoms with Gasteiger partial charge in [0.2, 0.25) is 10.0 Å². The summed E-state index contributed by atoms with van der Waals surface area (Å²) >= 11 is 3.30.